The first kappa shape index (κ1) is 11.1. The van der Waals surface area contributed by atoms with Gasteiger partial charge in [0.25, 0.3) is 0 Å². The van der Waals surface area contributed by atoms with Crippen molar-refractivity contribution in [2.75, 3.05) is 25.1 Å². The Balaban J connectivity index is 2.74. The smallest absolute Gasteiger partial charge is 0.0132 e. The topological polar surface area (TPSA) is 12.0 Å². The zero-order valence-electron chi connectivity index (χ0n) is 7.44. The molecule has 0 bridgehead atoms. The number of hydrogen-bond acceptors (Lipinski definition) is 2. The summed E-state index contributed by atoms with van der Waals surface area (Å²) >= 11 is 1.93. The minimum absolute atomic E-state index is 0.947. The lowest BCUT2D eigenvalue weighted by Gasteiger charge is -2.00. The molecule has 0 aliphatic carbocycles. The fourth-order valence-corrected chi connectivity index (χ4v) is 1.37. The molecule has 66 valence electrons. The van der Waals surface area contributed by atoms with Crippen LogP contribution >= 0.6 is 11.8 Å². The summed E-state index contributed by atoms with van der Waals surface area (Å²) in [5, 5.41) is 3.29. The van der Waals surface area contributed by atoms with Crippen LogP contribution in [0.4, 0.5) is 0 Å². The van der Waals surface area contributed by atoms with E-state index in [9.17, 15) is 0 Å². The van der Waals surface area contributed by atoms with Gasteiger partial charge >= 0.3 is 0 Å². The van der Waals surface area contributed by atoms with E-state index in [1.165, 1.54) is 25.0 Å². The van der Waals surface area contributed by atoms with Gasteiger partial charge in [0.15, 0.2) is 0 Å². The van der Waals surface area contributed by atoms with Crippen LogP contribution in [0.2, 0.25) is 0 Å². The van der Waals surface area contributed by atoms with Gasteiger partial charge in [-0.2, -0.15) is 11.8 Å². The largest absolute Gasteiger partial charge is 0.313 e. The summed E-state index contributed by atoms with van der Waals surface area (Å²) in [4.78, 5) is 0. The number of thioether (sulfide) groups is 1. The van der Waals surface area contributed by atoms with E-state index < -0.39 is 0 Å². The van der Waals surface area contributed by atoms with Crippen LogP contribution in [0.25, 0.3) is 0 Å². The van der Waals surface area contributed by atoms with Crippen LogP contribution < -0.4 is 5.32 Å². The number of hydrogen-bond donors (Lipinski definition) is 1. The van der Waals surface area contributed by atoms with Gasteiger partial charge in [0, 0.05) is 6.54 Å². The molecule has 0 fully saturated rings. The first-order valence-electron chi connectivity index (χ1n) is 4.22. The molecule has 0 atom stereocenters. The second-order valence-corrected chi connectivity index (χ2v) is 3.53. The van der Waals surface area contributed by atoms with Gasteiger partial charge in [-0.3, -0.25) is 0 Å². The van der Waals surface area contributed by atoms with Crippen molar-refractivity contribution in [1.29, 1.82) is 0 Å². The average Bonchev–Trinajstić information content (AvgIpc) is 2.03. The summed E-state index contributed by atoms with van der Waals surface area (Å²) < 4.78 is 0. The number of unbranched alkanes of at least 4 members (excludes halogenated alkanes) is 2. The zero-order chi connectivity index (χ0) is 8.36. The maximum absolute atomic E-state index is 3.64. The first-order chi connectivity index (χ1) is 5.41. The monoisotopic (exact) mass is 173 g/mol. The molecule has 0 saturated carbocycles. The molecule has 1 nitrogen and oxygen atoms in total. The zero-order valence-corrected chi connectivity index (χ0v) is 8.25. The standard InChI is InChI=1S/C9H19NS/c1-3-7-10-8-5-4-6-9-11-2/h3,10H,1,4-9H2,2H3. The maximum Gasteiger partial charge on any atom is 0.0132 e. The molecular formula is C9H19NS. The lowest BCUT2D eigenvalue weighted by atomic mass is 10.2. The molecule has 0 amide bonds. The Bertz CT molecular complexity index is 83.6. The van der Waals surface area contributed by atoms with Crippen molar-refractivity contribution in [2.45, 2.75) is 19.3 Å². The number of nitrogens with one attached hydrogen (secondary N) is 1. The molecule has 0 heterocycles. The molecule has 0 aliphatic heterocycles. The van der Waals surface area contributed by atoms with Gasteiger partial charge in [-0.25, -0.2) is 0 Å². The van der Waals surface area contributed by atoms with E-state index in [0.29, 0.717) is 0 Å². The quantitative estimate of drug-likeness (QED) is 0.446. The maximum atomic E-state index is 3.64. The van der Waals surface area contributed by atoms with E-state index in [1.807, 2.05) is 17.8 Å². The molecular weight excluding hydrogens is 154 g/mol. The molecule has 0 rings (SSSR count). The van der Waals surface area contributed by atoms with E-state index in [4.69, 9.17) is 0 Å². The molecule has 11 heavy (non-hydrogen) atoms. The summed E-state index contributed by atoms with van der Waals surface area (Å²) in [5.41, 5.74) is 0. The SMILES string of the molecule is C=CCNCCCCCSC. The van der Waals surface area contributed by atoms with Crippen molar-refractivity contribution in [3.63, 3.8) is 0 Å². The molecule has 2 heteroatoms. The van der Waals surface area contributed by atoms with E-state index in [2.05, 4.69) is 18.2 Å². The highest BCUT2D eigenvalue weighted by Gasteiger charge is 1.87. The first-order valence-corrected chi connectivity index (χ1v) is 5.61. The van der Waals surface area contributed by atoms with Crippen molar-refractivity contribution in [3.05, 3.63) is 12.7 Å². The molecule has 0 saturated heterocycles. The van der Waals surface area contributed by atoms with Gasteiger partial charge in [0.2, 0.25) is 0 Å². The van der Waals surface area contributed by atoms with Crippen molar-refractivity contribution in [2.24, 2.45) is 0 Å². The summed E-state index contributed by atoms with van der Waals surface area (Å²) in [6, 6.07) is 0. The van der Waals surface area contributed by atoms with Gasteiger partial charge in [-0.15, -0.1) is 6.58 Å². The van der Waals surface area contributed by atoms with Crippen LogP contribution in [-0.2, 0) is 0 Å². The summed E-state index contributed by atoms with van der Waals surface area (Å²) in [6.45, 7) is 5.73. The van der Waals surface area contributed by atoms with Crippen LogP contribution in [0, 0.1) is 0 Å². The number of rotatable bonds is 8. The third-order valence-corrected chi connectivity index (χ3v) is 2.19. The lowest BCUT2D eigenvalue weighted by Crippen LogP contribution is -2.14. The Labute approximate surface area is 74.6 Å². The fraction of sp³-hybridized carbons (Fsp3) is 0.778. The van der Waals surface area contributed by atoms with Gasteiger partial charge in [0.1, 0.15) is 0 Å². The summed E-state index contributed by atoms with van der Waals surface area (Å²) in [7, 11) is 0. The third kappa shape index (κ3) is 10.1. The summed E-state index contributed by atoms with van der Waals surface area (Å²) in [6.07, 6.45) is 8.08. The summed E-state index contributed by atoms with van der Waals surface area (Å²) in [5.74, 6) is 1.31. The van der Waals surface area contributed by atoms with E-state index in [-0.39, 0.29) is 0 Å². The molecule has 0 aromatic heterocycles. The van der Waals surface area contributed by atoms with Gasteiger partial charge in [-0.1, -0.05) is 12.5 Å². The highest BCUT2D eigenvalue weighted by atomic mass is 32.2. The normalized spacial score (nSPS) is 9.91. The predicted octanol–water partition coefficient (Wildman–Crippen LogP) is 2.30. The third-order valence-electron chi connectivity index (χ3n) is 1.49. The lowest BCUT2D eigenvalue weighted by molar-refractivity contribution is 0.649. The molecule has 0 aromatic carbocycles. The van der Waals surface area contributed by atoms with Crippen molar-refractivity contribution >= 4 is 11.8 Å². The Kier molecular flexibility index (Phi) is 10.1. The Morgan fingerprint density at radius 3 is 2.82 bits per heavy atom. The molecule has 1 N–H and O–H groups in total. The van der Waals surface area contributed by atoms with E-state index >= 15 is 0 Å². The molecule has 0 radical (unpaired) electrons. The highest BCUT2D eigenvalue weighted by Crippen LogP contribution is 2.00. The minimum atomic E-state index is 0.947. The van der Waals surface area contributed by atoms with Crippen molar-refractivity contribution in [1.82, 2.24) is 5.32 Å². The van der Waals surface area contributed by atoms with E-state index in [0.717, 1.165) is 13.1 Å². The fourth-order valence-electron chi connectivity index (χ4n) is 0.877. The second kappa shape index (κ2) is 10.0. The van der Waals surface area contributed by atoms with Crippen LogP contribution in [0.5, 0.6) is 0 Å². The Hall–Kier alpha value is 0.0500. The highest BCUT2D eigenvalue weighted by molar-refractivity contribution is 7.98. The predicted molar refractivity (Wildman–Crippen MR) is 55.3 cm³/mol. The molecule has 0 spiro atoms. The Morgan fingerprint density at radius 1 is 1.36 bits per heavy atom. The average molecular weight is 173 g/mol. The molecule has 0 aliphatic rings. The van der Waals surface area contributed by atoms with Gasteiger partial charge < -0.3 is 5.32 Å². The van der Waals surface area contributed by atoms with Crippen LogP contribution in [0.3, 0.4) is 0 Å². The Morgan fingerprint density at radius 2 is 2.18 bits per heavy atom. The molecule has 0 aromatic rings. The van der Waals surface area contributed by atoms with Crippen LogP contribution in [0.15, 0.2) is 12.7 Å². The molecule has 0 unspecified atom stereocenters. The van der Waals surface area contributed by atoms with Crippen molar-refractivity contribution < 1.29 is 0 Å². The van der Waals surface area contributed by atoms with Crippen LogP contribution in [0.1, 0.15) is 19.3 Å². The van der Waals surface area contributed by atoms with Gasteiger partial charge in [-0.05, 0) is 31.4 Å². The van der Waals surface area contributed by atoms with Crippen molar-refractivity contribution in [3.8, 4) is 0 Å². The second-order valence-electron chi connectivity index (χ2n) is 2.55. The minimum Gasteiger partial charge on any atom is -0.313 e. The van der Waals surface area contributed by atoms with E-state index in [1.54, 1.807) is 0 Å². The van der Waals surface area contributed by atoms with Gasteiger partial charge in [0.05, 0.1) is 0 Å². The van der Waals surface area contributed by atoms with Crippen LogP contribution in [-0.4, -0.2) is 25.1 Å².